The van der Waals surface area contributed by atoms with Crippen LogP contribution >= 0.6 is 15.9 Å². The van der Waals surface area contributed by atoms with E-state index in [0.717, 1.165) is 16.8 Å². The molecule has 0 saturated heterocycles. The molecule has 1 aromatic heterocycles. The predicted octanol–water partition coefficient (Wildman–Crippen LogP) is 5.63. The number of hydrogen-bond donors (Lipinski definition) is 2. The molecule has 2 rings (SSSR count). The van der Waals surface area contributed by atoms with Gasteiger partial charge in [0.05, 0.1) is 0 Å². The van der Waals surface area contributed by atoms with Crippen molar-refractivity contribution >= 4 is 33.6 Å². The number of rotatable bonds is 3. The third-order valence-corrected chi connectivity index (χ3v) is 2.97. The Kier molecular flexibility index (Phi) is 6.55. The summed E-state index contributed by atoms with van der Waals surface area (Å²) in [5.74, 6) is 0.0704. The Morgan fingerprint density at radius 2 is 1.86 bits per heavy atom. The number of nitrogens with zero attached hydrogens (tertiary/aromatic N) is 1. The molecule has 0 bridgehead atoms. The molecule has 0 radical (unpaired) electrons. The van der Waals surface area contributed by atoms with E-state index in [9.17, 15) is 13.2 Å². The van der Waals surface area contributed by atoms with Gasteiger partial charge in [0.1, 0.15) is 11.5 Å². The Morgan fingerprint density at radius 1 is 1.18 bits per heavy atom. The Labute approximate surface area is 135 Å². The standard InChI is InChI=1S/C13H9BrF3N3.C2H6/c14-9-5-4-8(7-18)10(6-9)19-12-3-1-2-11(20-12)13(15,16)17;1-2/h1-7,18H,(H,19,20);1-2H3. The lowest BCUT2D eigenvalue weighted by Crippen LogP contribution is -2.09. The quantitative estimate of drug-likeness (QED) is 0.684. The van der Waals surface area contributed by atoms with Gasteiger partial charge < -0.3 is 10.7 Å². The van der Waals surface area contributed by atoms with Gasteiger partial charge in [-0.05, 0) is 24.3 Å². The number of halogens is 4. The SMILES string of the molecule is CC.N=Cc1ccc(Br)cc1Nc1cccc(C(F)(F)F)n1. The van der Waals surface area contributed by atoms with Crippen LogP contribution in [0.25, 0.3) is 0 Å². The summed E-state index contributed by atoms with van der Waals surface area (Å²) in [5.41, 5.74) is 0.0857. The molecule has 118 valence electrons. The fourth-order valence-corrected chi connectivity index (χ4v) is 1.92. The number of benzene rings is 1. The van der Waals surface area contributed by atoms with Crippen LogP contribution in [0.4, 0.5) is 24.7 Å². The molecule has 7 heteroatoms. The summed E-state index contributed by atoms with van der Waals surface area (Å²) in [5, 5.41) is 10.1. The van der Waals surface area contributed by atoms with E-state index in [4.69, 9.17) is 5.41 Å². The Balaban J connectivity index is 0.00000116. The lowest BCUT2D eigenvalue weighted by molar-refractivity contribution is -0.141. The molecule has 0 aliphatic rings. The van der Waals surface area contributed by atoms with Crippen molar-refractivity contribution in [2.75, 3.05) is 5.32 Å². The summed E-state index contributed by atoms with van der Waals surface area (Å²) >= 11 is 3.27. The first-order valence-corrected chi connectivity index (χ1v) is 7.31. The van der Waals surface area contributed by atoms with E-state index in [0.29, 0.717) is 11.3 Å². The first-order valence-electron chi connectivity index (χ1n) is 6.51. The zero-order valence-corrected chi connectivity index (χ0v) is 13.6. The van der Waals surface area contributed by atoms with Crippen molar-refractivity contribution in [1.29, 1.82) is 5.41 Å². The normalized spacial score (nSPS) is 10.5. The molecule has 0 spiro atoms. The molecule has 0 unspecified atom stereocenters. The summed E-state index contributed by atoms with van der Waals surface area (Å²) in [6.07, 6.45) is -3.37. The summed E-state index contributed by atoms with van der Waals surface area (Å²) in [4.78, 5) is 3.52. The second-order valence-corrected chi connectivity index (χ2v) is 4.82. The van der Waals surface area contributed by atoms with Crippen molar-refractivity contribution < 1.29 is 13.2 Å². The molecule has 0 saturated carbocycles. The molecule has 1 heterocycles. The number of pyridine rings is 1. The predicted molar refractivity (Wildman–Crippen MR) is 85.9 cm³/mol. The fourth-order valence-electron chi connectivity index (χ4n) is 1.56. The number of aromatic nitrogens is 1. The molecule has 0 atom stereocenters. The van der Waals surface area contributed by atoms with E-state index >= 15 is 0 Å². The van der Waals surface area contributed by atoms with Crippen molar-refractivity contribution in [3.63, 3.8) is 0 Å². The van der Waals surface area contributed by atoms with Crippen molar-refractivity contribution in [1.82, 2.24) is 4.98 Å². The molecule has 0 aliphatic carbocycles. The van der Waals surface area contributed by atoms with Crippen LogP contribution in [-0.4, -0.2) is 11.2 Å². The molecule has 22 heavy (non-hydrogen) atoms. The van der Waals surface area contributed by atoms with Gasteiger partial charge in [-0.2, -0.15) is 13.2 Å². The maximum Gasteiger partial charge on any atom is 0.433 e. The van der Waals surface area contributed by atoms with Gasteiger partial charge in [0.2, 0.25) is 0 Å². The molecule has 0 aliphatic heterocycles. The second-order valence-electron chi connectivity index (χ2n) is 3.91. The summed E-state index contributed by atoms with van der Waals surface area (Å²) in [7, 11) is 0. The molecule has 0 fully saturated rings. The highest BCUT2D eigenvalue weighted by Gasteiger charge is 2.32. The highest BCUT2D eigenvalue weighted by molar-refractivity contribution is 9.10. The van der Waals surface area contributed by atoms with E-state index in [-0.39, 0.29) is 5.82 Å². The minimum absolute atomic E-state index is 0.0704. The first kappa shape index (κ1) is 18.2. The smallest absolute Gasteiger partial charge is 0.340 e. The summed E-state index contributed by atoms with van der Waals surface area (Å²) in [6.45, 7) is 4.00. The van der Waals surface area contributed by atoms with Crippen LogP contribution in [0.1, 0.15) is 25.1 Å². The second kappa shape index (κ2) is 7.93. The number of alkyl halides is 3. The van der Waals surface area contributed by atoms with Gasteiger partial charge in [0, 0.05) is 21.9 Å². The minimum atomic E-state index is -4.49. The third kappa shape index (κ3) is 4.84. The molecule has 0 amide bonds. The largest absolute Gasteiger partial charge is 0.433 e. The number of nitrogens with one attached hydrogen (secondary N) is 2. The van der Waals surface area contributed by atoms with Crippen LogP contribution < -0.4 is 5.32 Å². The zero-order valence-electron chi connectivity index (χ0n) is 12.0. The van der Waals surface area contributed by atoms with E-state index in [2.05, 4.69) is 26.2 Å². The average Bonchev–Trinajstić information content (AvgIpc) is 2.49. The molecular weight excluding hydrogens is 359 g/mol. The van der Waals surface area contributed by atoms with E-state index in [1.807, 2.05) is 13.8 Å². The molecule has 1 aromatic carbocycles. The van der Waals surface area contributed by atoms with E-state index in [1.54, 1.807) is 18.2 Å². The van der Waals surface area contributed by atoms with E-state index in [1.165, 1.54) is 12.1 Å². The third-order valence-electron chi connectivity index (χ3n) is 2.47. The van der Waals surface area contributed by atoms with Gasteiger partial charge in [0.15, 0.2) is 0 Å². The first-order chi connectivity index (χ1) is 10.4. The van der Waals surface area contributed by atoms with Crippen LogP contribution in [-0.2, 0) is 6.18 Å². The lowest BCUT2D eigenvalue weighted by Gasteiger charge is -2.11. The van der Waals surface area contributed by atoms with Gasteiger partial charge in [-0.25, -0.2) is 4.98 Å². The van der Waals surface area contributed by atoms with Crippen LogP contribution in [0.3, 0.4) is 0 Å². The minimum Gasteiger partial charge on any atom is -0.340 e. The van der Waals surface area contributed by atoms with Gasteiger partial charge >= 0.3 is 6.18 Å². The van der Waals surface area contributed by atoms with Crippen molar-refractivity contribution in [3.8, 4) is 0 Å². The molecule has 2 N–H and O–H groups in total. The Morgan fingerprint density at radius 3 is 2.45 bits per heavy atom. The Hall–Kier alpha value is -1.89. The number of anilines is 2. The van der Waals surface area contributed by atoms with Gasteiger partial charge in [0.25, 0.3) is 0 Å². The van der Waals surface area contributed by atoms with Crippen LogP contribution in [0.2, 0.25) is 0 Å². The van der Waals surface area contributed by atoms with Crippen LogP contribution in [0.5, 0.6) is 0 Å². The maximum atomic E-state index is 12.6. The van der Waals surface area contributed by atoms with Gasteiger partial charge in [-0.3, -0.25) is 0 Å². The maximum absolute atomic E-state index is 12.6. The highest BCUT2D eigenvalue weighted by atomic mass is 79.9. The zero-order chi connectivity index (χ0) is 16.8. The molecule has 3 nitrogen and oxygen atoms in total. The van der Waals surface area contributed by atoms with Gasteiger partial charge in [-0.15, -0.1) is 0 Å². The number of hydrogen-bond acceptors (Lipinski definition) is 3. The van der Waals surface area contributed by atoms with Crippen LogP contribution in [0.15, 0.2) is 40.9 Å². The molecule has 2 aromatic rings. The van der Waals surface area contributed by atoms with Crippen molar-refractivity contribution in [3.05, 3.63) is 52.1 Å². The van der Waals surface area contributed by atoms with E-state index < -0.39 is 11.9 Å². The summed E-state index contributed by atoms with van der Waals surface area (Å²) < 4.78 is 38.5. The van der Waals surface area contributed by atoms with Gasteiger partial charge in [-0.1, -0.05) is 41.9 Å². The fraction of sp³-hybridized carbons (Fsp3) is 0.200. The summed E-state index contributed by atoms with van der Waals surface area (Å²) in [6, 6.07) is 8.70. The molecular formula is C15H15BrF3N3. The highest BCUT2D eigenvalue weighted by Crippen LogP contribution is 2.29. The average molecular weight is 374 g/mol. The van der Waals surface area contributed by atoms with Crippen molar-refractivity contribution in [2.24, 2.45) is 0 Å². The van der Waals surface area contributed by atoms with Crippen LogP contribution in [0, 0.1) is 5.41 Å². The lowest BCUT2D eigenvalue weighted by atomic mass is 10.2. The monoisotopic (exact) mass is 373 g/mol. The van der Waals surface area contributed by atoms with Crippen molar-refractivity contribution in [2.45, 2.75) is 20.0 Å². The topological polar surface area (TPSA) is 48.8 Å². The Bertz CT molecular complexity index is 642.